The maximum atomic E-state index is 11.7. The standard InChI is InChI=1S/C11H15BrN2O4/c1-11(2,3)18-8(15)6-14-7(5-12)9(16)13(4)10(14)17/h5H,6H2,1-4H3/b7-5-. The number of hydrogen-bond acceptors (Lipinski definition) is 4. The first-order valence-corrected chi connectivity index (χ1v) is 6.20. The zero-order valence-electron chi connectivity index (χ0n) is 10.7. The largest absolute Gasteiger partial charge is 0.459 e. The number of imide groups is 1. The Kier molecular flexibility index (Phi) is 4.16. The normalized spacial score (nSPS) is 18.8. The van der Waals surface area contributed by atoms with Crippen molar-refractivity contribution in [3.63, 3.8) is 0 Å². The van der Waals surface area contributed by atoms with E-state index in [1.54, 1.807) is 20.8 Å². The van der Waals surface area contributed by atoms with Crippen molar-refractivity contribution >= 4 is 33.8 Å². The van der Waals surface area contributed by atoms with Crippen LogP contribution in [0, 0.1) is 0 Å². The number of esters is 1. The number of likely N-dealkylation sites (N-methyl/N-ethyl adjacent to an activating group) is 1. The fourth-order valence-electron chi connectivity index (χ4n) is 1.42. The zero-order chi connectivity index (χ0) is 14.1. The number of nitrogens with zero attached hydrogens (tertiary/aromatic N) is 2. The molecule has 0 saturated carbocycles. The summed E-state index contributed by atoms with van der Waals surface area (Å²) in [7, 11) is 1.36. The molecule has 0 N–H and O–H groups in total. The molecule has 0 aromatic rings. The highest BCUT2D eigenvalue weighted by molar-refractivity contribution is 9.11. The Hall–Kier alpha value is -1.37. The molecule has 1 saturated heterocycles. The molecule has 7 heteroatoms. The van der Waals surface area contributed by atoms with Gasteiger partial charge >= 0.3 is 12.0 Å². The number of carbonyl (C=O) groups is 3. The monoisotopic (exact) mass is 318 g/mol. The van der Waals surface area contributed by atoms with Crippen molar-refractivity contribution < 1.29 is 19.1 Å². The minimum Gasteiger partial charge on any atom is -0.459 e. The Balaban J connectivity index is 2.81. The number of halogens is 1. The van der Waals surface area contributed by atoms with E-state index in [4.69, 9.17) is 4.74 Å². The maximum absolute atomic E-state index is 11.7. The second-order valence-corrected chi connectivity index (χ2v) is 5.27. The fraction of sp³-hybridized carbons (Fsp3) is 0.545. The summed E-state index contributed by atoms with van der Waals surface area (Å²) in [5.74, 6) is -1.02. The first-order chi connectivity index (χ1) is 8.17. The van der Waals surface area contributed by atoms with Gasteiger partial charge in [0.2, 0.25) is 0 Å². The number of urea groups is 1. The van der Waals surface area contributed by atoms with Crippen molar-refractivity contribution in [2.24, 2.45) is 0 Å². The lowest BCUT2D eigenvalue weighted by molar-refractivity contribution is -0.154. The lowest BCUT2D eigenvalue weighted by atomic mass is 10.2. The third-order valence-corrected chi connectivity index (χ3v) is 2.58. The van der Waals surface area contributed by atoms with Gasteiger partial charge in [-0.3, -0.25) is 19.4 Å². The van der Waals surface area contributed by atoms with Crippen LogP contribution >= 0.6 is 15.9 Å². The van der Waals surface area contributed by atoms with Gasteiger partial charge in [-0.2, -0.15) is 0 Å². The van der Waals surface area contributed by atoms with E-state index < -0.39 is 23.5 Å². The van der Waals surface area contributed by atoms with E-state index in [0.29, 0.717) is 0 Å². The Morgan fingerprint density at radius 1 is 1.39 bits per heavy atom. The minimum absolute atomic E-state index is 0.119. The summed E-state index contributed by atoms with van der Waals surface area (Å²) < 4.78 is 5.11. The smallest absolute Gasteiger partial charge is 0.331 e. The summed E-state index contributed by atoms with van der Waals surface area (Å²) >= 11 is 3.01. The maximum Gasteiger partial charge on any atom is 0.331 e. The molecule has 0 aliphatic carbocycles. The minimum atomic E-state index is -0.631. The predicted molar refractivity (Wildman–Crippen MR) is 67.7 cm³/mol. The van der Waals surface area contributed by atoms with E-state index in [-0.39, 0.29) is 12.2 Å². The summed E-state index contributed by atoms with van der Waals surface area (Å²) in [5.41, 5.74) is -0.512. The summed E-state index contributed by atoms with van der Waals surface area (Å²) in [6, 6.07) is -0.545. The van der Waals surface area contributed by atoms with Gasteiger partial charge in [-0.1, -0.05) is 15.9 Å². The Bertz CT molecular complexity index is 425. The van der Waals surface area contributed by atoms with Gasteiger partial charge in [0.1, 0.15) is 17.8 Å². The molecule has 6 nitrogen and oxygen atoms in total. The topological polar surface area (TPSA) is 66.9 Å². The van der Waals surface area contributed by atoms with Crippen LogP contribution in [0.1, 0.15) is 20.8 Å². The van der Waals surface area contributed by atoms with Crippen LogP contribution in [-0.2, 0) is 14.3 Å². The summed E-state index contributed by atoms with van der Waals surface area (Å²) in [6.07, 6.45) is 0. The lowest BCUT2D eigenvalue weighted by Crippen LogP contribution is -2.36. The van der Waals surface area contributed by atoms with Crippen LogP contribution in [0.15, 0.2) is 10.7 Å². The van der Waals surface area contributed by atoms with Gasteiger partial charge in [-0.25, -0.2) is 4.79 Å². The second kappa shape index (κ2) is 5.09. The van der Waals surface area contributed by atoms with Crippen LogP contribution in [0.3, 0.4) is 0 Å². The number of amides is 3. The van der Waals surface area contributed by atoms with Crippen molar-refractivity contribution in [3.05, 3.63) is 10.7 Å². The van der Waals surface area contributed by atoms with Gasteiger partial charge in [0.05, 0.1) is 0 Å². The fourth-order valence-corrected chi connectivity index (χ4v) is 1.86. The number of ether oxygens (including phenoxy) is 1. The summed E-state index contributed by atoms with van der Waals surface area (Å²) in [4.78, 5) is 38.4. The van der Waals surface area contributed by atoms with Gasteiger partial charge in [-0.05, 0) is 20.8 Å². The van der Waals surface area contributed by atoms with Crippen LogP contribution in [0.2, 0.25) is 0 Å². The number of carbonyl (C=O) groups excluding carboxylic acids is 3. The van der Waals surface area contributed by atoms with Crippen LogP contribution in [0.4, 0.5) is 4.79 Å². The van der Waals surface area contributed by atoms with Crippen LogP contribution in [-0.4, -0.2) is 46.9 Å². The molecule has 18 heavy (non-hydrogen) atoms. The molecule has 0 radical (unpaired) electrons. The van der Waals surface area contributed by atoms with Gasteiger partial charge in [0.25, 0.3) is 5.91 Å². The molecule has 0 aromatic carbocycles. The van der Waals surface area contributed by atoms with E-state index >= 15 is 0 Å². The molecular weight excluding hydrogens is 304 g/mol. The van der Waals surface area contributed by atoms with E-state index in [1.807, 2.05) is 0 Å². The Morgan fingerprint density at radius 2 is 1.94 bits per heavy atom. The third kappa shape index (κ3) is 3.10. The van der Waals surface area contributed by atoms with E-state index in [1.165, 1.54) is 12.0 Å². The van der Waals surface area contributed by atoms with Crippen LogP contribution in [0.5, 0.6) is 0 Å². The highest BCUT2D eigenvalue weighted by atomic mass is 79.9. The molecule has 0 unspecified atom stereocenters. The molecular formula is C11H15BrN2O4. The van der Waals surface area contributed by atoms with E-state index in [0.717, 1.165) is 9.80 Å². The average Bonchev–Trinajstić information content (AvgIpc) is 2.41. The van der Waals surface area contributed by atoms with Gasteiger partial charge in [-0.15, -0.1) is 0 Å². The molecule has 0 bridgehead atoms. The molecule has 1 heterocycles. The molecule has 0 spiro atoms. The lowest BCUT2D eigenvalue weighted by Gasteiger charge is -2.22. The average molecular weight is 319 g/mol. The van der Waals surface area contributed by atoms with Crippen molar-refractivity contribution in [2.75, 3.05) is 13.6 Å². The predicted octanol–water partition coefficient (Wildman–Crippen LogP) is 1.46. The highest BCUT2D eigenvalue weighted by Gasteiger charge is 2.39. The zero-order valence-corrected chi connectivity index (χ0v) is 12.3. The van der Waals surface area contributed by atoms with Gasteiger partial charge < -0.3 is 4.74 Å². The van der Waals surface area contributed by atoms with Crippen molar-refractivity contribution in [1.82, 2.24) is 9.80 Å². The van der Waals surface area contributed by atoms with Crippen molar-refractivity contribution in [2.45, 2.75) is 26.4 Å². The SMILES string of the molecule is CN1C(=O)/C(=C/Br)N(CC(=O)OC(C)(C)C)C1=O. The molecule has 100 valence electrons. The van der Waals surface area contributed by atoms with E-state index in [2.05, 4.69) is 15.9 Å². The molecule has 1 aliphatic rings. The van der Waals surface area contributed by atoms with Crippen molar-refractivity contribution in [3.8, 4) is 0 Å². The number of rotatable bonds is 2. The molecule has 1 rings (SSSR count). The first-order valence-electron chi connectivity index (χ1n) is 5.29. The Labute approximate surface area is 114 Å². The van der Waals surface area contributed by atoms with Crippen LogP contribution < -0.4 is 0 Å². The summed E-state index contributed by atoms with van der Waals surface area (Å²) in [6.45, 7) is 4.91. The highest BCUT2D eigenvalue weighted by Crippen LogP contribution is 2.21. The second-order valence-electron chi connectivity index (χ2n) is 4.81. The summed E-state index contributed by atoms with van der Waals surface area (Å²) in [5, 5.41) is 0. The molecule has 3 amide bonds. The first kappa shape index (κ1) is 14.7. The van der Waals surface area contributed by atoms with Crippen molar-refractivity contribution in [1.29, 1.82) is 0 Å². The van der Waals surface area contributed by atoms with Gasteiger partial charge in [0, 0.05) is 12.0 Å². The molecule has 1 fully saturated rings. The van der Waals surface area contributed by atoms with E-state index in [9.17, 15) is 14.4 Å². The molecule has 0 aromatic heterocycles. The number of hydrogen-bond donors (Lipinski definition) is 0. The van der Waals surface area contributed by atoms with Crippen LogP contribution in [0.25, 0.3) is 0 Å². The molecule has 0 atom stereocenters. The van der Waals surface area contributed by atoms with Gasteiger partial charge in [0.15, 0.2) is 0 Å². The third-order valence-electron chi connectivity index (χ3n) is 2.14. The molecule has 1 aliphatic heterocycles. The Morgan fingerprint density at radius 3 is 2.39 bits per heavy atom. The quantitative estimate of drug-likeness (QED) is 0.439.